The van der Waals surface area contributed by atoms with Crippen LogP contribution in [0, 0.1) is 5.92 Å². The molecule has 0 N–H and O–H groups in total. The first-order chi connectivity index (χ1) is 16.7. The van der Waals surface area contributed by atoms with E-state index in [1.807, 2.05) is 18.2 Å². The van der Waals surface area contributed by atoms with Crippen molar-refractivity contribution in [2.24, 2.45) is 5.92 Å². The van der Waals surface area contributed by atoms with Crippen LogP contribution in [-0.4, -0.2) is 39.6 Å². The summed E-state index contributed by atoms with van der Waals surface area (Å²) in [5.74, 6) is 1.13. The van der Waals surface area contributed by atoms with E-state index >= 15 is 0 Å². The summed E-state index contributed by atoms with van der Waals surface area (Å²) in [6.07, 6.45) is 4.69. The highest BCUT2D eigenvalue weighted by Gasteiger charge is 2.52. The predicted molar refractivity (Wildman–Crippen MR) is 148 cm³/mol. The first-order valence-electron chi connectivity index (χ1n) is 12.5. The second-order valence-electron chi connectivity index (χ2n) is 10.9. The van der Waals surface area contributed by atoms with Gasteiger partial charge in [-0.1, -0.05) is 99.6 Å². The first kappa shape index (κ1) is 25.1. The maximum Gasteiger partial charge on any atom is 0.319 e. The first-order valence-corrected chi connectivity index (χ1v) is 14.4. The van der Waals surface area contributed by atoms with Crippen LogP contribution < -0.4 is 14.8 Å². The fourth-order valence-electron chi connectivity index (χ4n) is 5.51. The molecule has 0 amide bonds. The lowest BCUT2D eigenvalue weighted by Gasteiger charge is -2.43. The molecular formula is C31H37NO2Si. The van der Waals surface area contributed by atoms with Crippen molar-refractivity contribution in [2.45, 2.75) is 38.1 Å². The van der Waals surface area contributed by atoms with E-state index in [9.17, 15) is 4.79 Å². The number of carbonyl (C=O) groups excluding carboxylic acids is 1. The lowest BCUT2D eigenvalue weighted by Crippen LogP contribution is -2.68. The minimum atomic E-state index is -2.73. The fraction of sp³-hybridized carbons (Fsp3) is 0.323. The molecule has 2 atom stereocenters. The molecule has 3 aromatic carbocycles. The van der Waals surface area contributed by atoms with Crippen molar-refractivity contribution in [2.75, 3.05) is 20.6 Å². The smallest absolute Gasteiger partial charge is 0.319 e. The van der Waals surface area contributed by atoms with E-state index in [2.05, 4.69) is 113 Å². The monoisotopic (exact) mass is 483 g/mol. The van der Waals surface area contributed by atoms with Gasteiger partial charge < -0.3 is 9.33 Å². The Morgan fingerprint density at radius 2 is 1.49 bits per heavy atom. The van der Waals surface area contributed by atoms with E-state index in [-0.39, 0.29) is 22.7 Å². The molecule has 2 unspecified atom stereocenters. The summed E-state index contributed by atoms with van der Waals surface area (Å²) in [7, 11) is 1.41. The Kier molecular flexibility index (Phi) is 7.44. The van der Waals surface area contributed by atoms with Gasteiger partial charge in [0, 0.05) is 6.54 Å². The third-order valence-corrected chi connectivity index (χ3v) is 12.0. The maximum atomic E-state index is 13.0. The Morgan fingerprint density at radius 1 is 0.886 bits per heavy atom. The number of nitrogens with zero attached hydrogens (tertiary/aromatic N) is 1. The normalized spacial score (nSPS) is 18.6. The summed E-state index contributed by atoms with van der Waals surface area (Å²) in [5, 5.41) is 2.36. The van der Waals surface area contributed by atoms with Crippen molar-refractivity contribution in [1.82, 2.24) is 4.90 Å². The quantitative estimate of drug-likeness (QED) is 0.421. The van der Waals surface area contributed by atoms with Crippen LogP contribution >= 0.6 is 0 Å². The molecule has 0 radical (unpaired) electrons. The summed E-state index contributed by atoms with van der Waals surface area (Å²) < 4.78 is 7.22. The molecule has 3 aromatic rings. The van der Waals surface area contributed by atoms with Crippen molar-refractivity contribution in [3.05, 3.63) is 103 Å². The van der Waals surface area contributed by atoms with Gasteiger partial charge in [0.1, 0.15) is 5.75 Å². The molecule has 3 nitrogen and oxygen atoms in total. The van der Waals surface area contributed by atoms with Gasteiger partial charge in [0.2, 0.25) is 0 Å². The number of carbonyl (C=O) groups is 1. The summed E-state index contributed by atoms with van der Waals surface area (Å²) in [6.45, 7) is 7.73. The summed E-state index contributed by atoms with van der Waals surface area (Å²) in [4.78, 5) is 15.2. The zero-order chi connectivity index (χ0) is 25.1. The Balaban J connectivity index is 1.81. The van der Waals surface area contributed by atoms with Gasteiger partial charge >= 0.3 is 8.32 Å². The summed E-state index contributed by atoms with van der Waals surface area (Å²) in [5.41, 5.74) is 1.04. The van der Waals surface area contributed by atoms with Crippen LogP contribution in [0.25, 0.3) is 0 Å². The second-order valence-corrected chi connectivity index (χ2v) is 15.1. The molecule has 0 heterocycles. The lowest BCUT2D eigenvalue weighted by molar-refractivity contribution is -0.117. The minimum Gasteiger partial charge on any atom is -0.534 e. The van der Waals surface area contributed by atoms with Crippen LogP contribution in [0.2, 0.25) is 5.04 Å². The molecule has 35 heavy (non-hydrogen) atoms. The standard InChI is InChI=1S/C31H37NO2Si/c1-31(2,3)35(27-17-8-6-9-18-27,28-19-10-7-11-20-28)34-26-16-12-14-24(22-26)30-25(23-32(4)5)15-13-21-29(30)33/h6-14,16-22,25,30H,15,23H2,1-5H3. The Labute approximate surface area is 211 Å². The molecule has 4 heteroatoms. The van der Waals surface area contributed by atoms with E-state index in [4.69, 9.17) is 4.43 Å². The third-order valence-electron chi connectivity index (χ3n) is 7.00. The summed E-state index contributed by atoms with van der Waals surface area (Å²) >= 11 is 0. The van der Waals surface area contributed by atoms with E-state index in [0.717, 1.165) is 24.3 Å². The predicted octanol–water partition coefficient (Wildman–Crippen LogP) is 5.42. The van der Waals surface area contributed by atoms with Crippen molar-refractivity contribution in [1.29, 1.82) is 0 Å². The fourth-order valence-corrected chi connectivity index (χ4v) is 9.93. The molecule has 1 aliphatic carbocycles. The van der Waals surface area contributed by atoms with Crippen molar-refractivity contribution in [3.8, 4) is 5.75 Å². The minimum absolute atomic E-state index is 0.122. The van der Waals surface area contributed by atoms with Crippen LogP contribution in [0.5, 0.6) is 5.75 Å². The zero-order valence-corrected chi connectivity index (χ0v) is 22.6. The second kappa shape index (κ2) is 10.3. The van der Waals surface area contributed by atoms with E-state index in [0.29, 0.717) is 0 Å². The molecule has 0 saturated carbocycles. The SMILES string of the molecule is CN(C)CC1CC=CC(=O)C1c1cccc(O[Si](c2ccccc2)(c2ccccc2)C(C)(C)C)c1. The number of allylic oxidation sites excluding steroid dienone is 2. The number of hydrogen-bond acceptors (Lipinski definition) is 3. The van der Waals surface area contributed by atoms with Crippen LogP contribution in [-0.2, 0) is 4.79 Å². The highest BCUT2D eigenvalue weighted by atomic mass is 28.4. The van der Waals surface area contributed by atoms with Crippen molar-refractivity contribution < 1.29 is 9.22 Å². The summed E-state index contributed by atoms with van der Waals surface area (Å²) in [6, 6.07) is 29.6. The Bertz CT molecular complexity index is 1130. The third kappa shape index (κ3) is 5.19. The average molecular weight is 484 g/mol. The van der Waals surface area contributed by atoms with Gasteiger partial charge in [0.15, 0.2) is 5.78 Å². The van der Waals surface area contributed by atoms with Crippen LogP contribution in [0.15, 0.2) is 97.1 Å². The van der Waals surface area contributed by atoms with Crippen LogP contribution in [0.1, 0.15) is 38.7 Å². The maximum absolute atomic E-state index is 13.0. The number of ketones is 1. The van der Waals surface area contributed by atoms with Gasteiger partial charge in [-0.05, 0) is 65.6 Å². The Morgan fingerprint density at radius 3 is 2.03 bits per heavy atom. The largest absolute Gasteiger partial charge is 0.534 e. The van der Waals surface area contributed by atoms with E-state index in [1.54, 1.807) is 6.08 Å². The lowest BCUT2D eigenvalue weighted by atomic mass is 9.77. The van der Waals surface area contributed by atoms with Crippen molar-refractivity contribution in [3.63, 3.8) is 0 Å². The highest BCUT2D eigenvalue weighted by molar-refractivity contribution is 7.00. The molecule has 0 saturated heterocycles. The molecule has 0 aromatic heterocycles. The molecule has 0 bridgehead atoms. The van der Waals surface area contributed by atoms with Crippen molar-refractivity contribution >= 4 is 24.5 Å². The molecule has 1 aliphatic rings. The van der Waals surface area contributed by atoms with Gasteiger partial charge in [-0.3, -0.25) is 4.79 Å². The number of benzene rings is 3. The molecule has 0 aliphatic heterocycles. The average Bonchev–Trinajstić information content (AvgIpc) is 2.83. The molecule has 0 spiro atoms. The number of hydrogen-bond donors (Lipinski definition) is 0. The Hall–Kier alpha value is -2.95. The number of rotatable bonds is 7. The molecule has 0 fully saturated rings. The topological polar surface area (TPSA) is 29.5 Å². The van der Waals surface area contributed by atoms with Gasteiger partial charge in [-0.25, -0.2) is 0 Å². The molecule has 182 valence electrons. The molecular weight excluding hydrogens is 446 g/mol. The highest BCUT2D eigenvalue weighted by Crippen LogP contribution is 2.39. The van der Waals surface area contributed by atoms with Gasteiger partial charge in [0.05, 0.1) is 5.92 Å². The van der Waals surface area contributed by atoms with Gasteiger partial charge in [-0.15, -0.1) is 0 Å². The molecule has 4 rings (SSSR count). The van der Waals surface area contributed by atoms with Gasteiger partial charge in [0.25, 0.3) is 0 Å². The van der Waals surface area contributed by atoms with E-state index < -0.39 is 8.32 Å². The zero-order valence-electron chi connectivity index (χ0n) is 21.6. The van der Waals surface area contributed by atoms with Gasteiger partial charge in [-0.2, -0.15) is 0 Å². The van der Waals surface area contributed by atoms with E-state index in [1.165, 1.54) is 10.4 Å². The van der Waals surface area contributed by atoms with Crippen LogP contribution in [0.3, 0.4) is 0 Å². The van der Waals surface area contributed by atoms with Crippen LogP contribution in [0.4, 0.5) is 0 Å².